The fraction of sp³-hybridized carbons (Fsp3) is 0.512. The van der Waals surface area contributed by atoms with Crippen molar-refractivity contribution in [3.8, 4) is 5.75 Å². The van der Waals surface area contributed by atoms with E-state index in [9.17, 15) is 38.7 Å². The number of likely N-dealkylation sites (tertiary alicyclic amines) is 1. The van der Waals surface area contributed by atoms with E-state index in [2.05, 4.69) is 42.2 Å². The number of ketones is 3. The van der Waals surface area contributed by atoms with Crippen LogP contribution in [0.4, 0.5) is 0 Å². The van der Waals surface area contributed by atoms with Crippen LogP contribution in [0.25, 0.3) is 10.9 Å². The average Bonchev–Trinajstić information content (AvgIpc) is 1.48. The van der Waals surface area contributed by atoms with Crippen molar-refractivity contribution in [1.29, 1.82) is 5.41 Å². The van der Waals surface area contributed by atoms with E-state index in [1.54, 1.807) is 79.0 Å². The number of nitrogens with one attached hydrogen (secondary N) is 9. The number of Topliss-reactive ketones (excluding diaryl/α,β-unsaturated/α-hetero) is 3. The van der Waals surface area contributed by atoms with Crippen LogP contribution in [-0.2, 0) is 92.8 Å². The number of carbonyl (C=O) groups is 14. The first-order valence-corrected chi connectivity index (χ1v) is 39.8. The number of benzene rings is 4. The van der Waals surface area contributed by atoms with Crippen LogP contribution in [0.2, 0.25) is 0 Å². The number of nitrogens with two attached hydrogens (primary N) is 3. The number of primary amides is 1. The van der Waals surface area contributed by atoms with Crippen LogP contribution in [-0.4, -0.2) is 201 Å². The molecule has 3 aliphatic rings. The second kappa shape index (κ2) is 43.2. The molecule has 3 fully saturated rings. The third-order valence-corrected chi connectivity index (χ3v) is 22.1. The molecule has 4 aromatic carbocycles. The predicted molar refractivity (Wildman–Crippen MR) is 427 cm³/mol. The van der Waals surface area contributed by atoms with Gasteiger partial charge in [0, 0.05) is 106 Å². The number of aromatic amines is 1. The number of amides is 11. The first kappa shape index (κ1) is 88.4. The lowest BCUT2D eigenvalue weighted by Crippen LogP contribution is -2.62. The number of unbranched alkanes of at least 4 members (excludes halogenated alkanes) is 2. The van der Waals surface area contributed by atoms with Gasteiger partial charge in [-0.15, -0.1) is 0 Å². The summed E-state index contributed by atoms with van der Waals surface area (Å²) in [6, 6.07) is 17.1. The van der Waals surface area contributed by atoms with Crippen LogP contribution in [0.15, 0.2) is 115 Å². The molecule has 3 saturated heterocycles. The van der Waals surface area contributed by atoms with Gasteiger partial charge in [-0.05, 0) is 144 Å². The van der Waals surface area contributed by atoms with Gasteiger partial charge >= 0.3 is 0 Å². The van der Waals surface area contributed by atoms with Crippen LogP contribution in [0.1, 0.15) is 159 Å². The highest BCUT2D eigenvalue weighted by atomic mass is 16.3. The number of rotatable bonds is 23. The number of likely N-dealkylation sites (N-methyl/N-ethyl adjacent to an activating group) is 1. The quantitative estimate of drug-likeness (QED) is 0.0192. The minimum absolute atomic E-state index is 0.0171. The number of aromatic nitrogens is 1. The summed E-state index contributed by atoms with van der Waals surface area (Å²) in [6.07, 6.45) is 2.42. The molecule has 3 aliphatic heterocycles. The van der Waals surface area contributed by atoms with Crippen LogP contribution in [0.3, 0.4) is 0 Å². The lowest BCUT2D eigenvalue weighted by Gasteiger charge is -2.33. The first-order chi connectivity index (χ1) is 54.5. The van der Waals surface area contributed by atoms with Crippen molar-refractivity contribution in [3.63, 3.8) is 0 Å². The number of hydrogen-bond donors (Lipinski definition) is 13. The van der Waals surface area contributed by atoms with E-state index in [-0.39, 0.29) is 102 Å². The van der Waals surface area contributed by atoms with E-state index >= 15 is 33.6 Å². The summed E-state index contributed by atoms with van der Waals surface area (Å²) in [5.74, 6) is -15.1. The molecule has 0 aliphatic carbocycles. The molecule has 1 aromatic heterocycles. The third-order valence-electron chi connectivity index (χ3n) is 22.1. The van der Waals surface area contributed by atoms with Gasteiger partial charge in [-0.1, -0.05) is 118 Å². The highest BCUT2D eigenvalue weighted by Gasteiger charge is 2.45. The average molecular weight is 1570 g/mol. The van der Waals surface area contributed by atoms with E-state index in [1.165, 1.54) is 42.8 Å². The molecule has 30 heteroatoms. The lowest BCUT2D eigenvalue weighted by molar-refractivity contribution is -0.150. The molecule has 0 radical (unpaired) electrons. The molecule has 4 heterocycles. The normalized spacial score (nSPS) is 24.7. The van der Waals surface area contributed by atoms with Crippen molar-refractivity contribution in [2.45, 2.75) is 217 Å². The second-order valence-corrected chi connectivity index (χ2v) is 30.6. The molecule has 16 N–H and O–H groups in total. The standard InChI is InChI=1S/C84H113N15O15/c1-6-50(2)61-48-69(101)56(45-58-49-89-62-27-14-13-26-60(58)62)46-71(103)63(28-15-16-31-72(86)87)91-80(110)67(44-54-24-11-8-12-25-54)95-78(108)65(36-37-73(88)104)92-75(105)51(3)90-79(109)66(43-53-22-9-7-10-23-53)94-77(107)64(29-17-18-38-85)93-76(106)52(4)97(5)83(113)74(84(114)98-39-19-20-40-98)96-81(111)68-30-21-41-99(68)82(112)57(47-70(61)102)42-55-32-34-59(100)35-33-55/h7-14,22-27,32-35,49-52,56-57,61,63-68,74,89,100H,6,15-21,28-31,36-48,85H2,1-5H3,(H3,86,87)(H2,88,104)(H,90,109)(H,91,110)(H,92,105)(H,93,106)(H,94,107)(H,95,108)(H,96,111)/t50-,51-,52-,56+,57+,61-,63-,64-,65-,66-,67-,68-,74-/m0/s1. The smallest absolute Gasteiger partial charge is 0.255 e. The van der Waals surface area contributed by atoms with Gasteiger partial charge in [0.05, 0.1) is 11.9 Å². The van der Waals surface area contributed by atoms with Gasteiger partial charge in [0.15, 0.2) is 11.8 Å². The number of hydrogen-bond acceptors (Lipinski definition) is 17. The van der Waals surface area contributed by atoms with Crippen LogP contribution in [0, 0.1) is 29.1 Å². The van der Waals surface area contributed by atoms with Gasteiger partial charge in [-0.3, -0.25) is 72.5 Å². The zero-order chi connectivity index (χ0) is 82.7. The number of phenols is 1. The minimum Gasteiger partial charge on any atom is -0.508 e. The molecule has 0 bridgehead atoms. The Morgan fingerprint density at radius 3 is 1.69 bits per heavy atom. The highest BCUT2D eigenvalue weighted by molar-refractivity contribution is 6.09. The Morgan fingerprint density at radius 1 is 0.535 bits per heavy atom. The van der Waals surface area contributed by atoms with Crippen molar-refractivity contribution < 1.29 is 72.2 Å². The molecule has 8 rings (SSSR count). The number of H-pyrrole nitrogens is 1. The number of carbonyl (C=O) groups excluding carboxylic acids is 14. The monoisotopic (exact) mass is 1570 g/mol. The molecular weight excluding hydrogens is 1460 g/mol. The molecule has 30 nitrogen and oxygen atoms in total. The number of nitrogens with zero attached hydrogens (tertiary/aromatic N) is 3. The van der Waals surface area contributed by atoms with Crippen molar-refractivity contribution in [3.05, 3.63) is 138 Å². The van der Waals surface area contributed by atoms with Crippen LogP contribution < -0.4 is 54.4 Å². The molecule has 614 valence electrons. The second-order valence-electron chi connectivity index (χ2n) is 30.6. The van der Waals surface area contributed by atoms with Crippen molar-refractivity contribution in [1.82, 2.24) is 56.9 Å². The van der Waals surface area contributed by atoms with Gasteiger partial charge in [-0.25, -0.2) is 0 Å². The van der Waals surface area contributed by atoms with Gasteiger partial charge in [0.25, 0.3) is 11.8 Å². The largest absolute Gasteiger partial charge is 0.508 e. The summed E-state index contributed by atoms with van der Waals surface area (Å²) in [6.45, 7) is 7.06. The Kier molecular flexibility index (Phi) is 33.5. The Balaban J connectivity index is 1.22. The third kappa shape index (κ3) is 25.4. The summed E-state index contributed by atoms with van der Waals surface area (Å²) < 4.78 is 0. The molecule has 13 atom stereocenters. The van der Waals surface area contributed by atoms with Crippen LogP contribution >= 0.6 is 0 Å². The van der Waals surface area contributed by atoms with Gasteiger partial charge in [0.1, 0.15) is 59.6 Å². The Hall–Kier alpha value is -11.2. The number of phenolic OH excluding ortho intramolecular Hbond substituents is 1. The molecule has 114 heavy (non-hydrogen) atoms. The number of amidine groups is 1. The number of fused-ring (bicyclic) bond motifs is 2. The fourth-order valence-corrected chi connectivity index (χ4v) is 15.0. The molecular formula is C84H113N15O15. The van der Waals surface area contributed by atoms with E-state index in [4.69, 9.17) is 22.6 Å². The molecule has 5 aromatic rings. The van der Waals surface area contributed by atoms with Crippen molar-refractivity contribution >= 4 is 99.1 Å². The van der Waals surface area contributed by atoms with Crippen molar-refractivity contribution in [2.24, 2.45) is 40.9 Å². The lowest BCUT2D eigenvalue weighted by atomic mass is 9.77. The number of aromatic hydroxyl groups is 1. The maximum Gasteiger partial charge on any atom is 0.255 e. The Bertz CT molecular complexity index is 4210. The van der Waals surface area contributed by atoms with Gasteiger partial charge in [0.2, 0.25) is 53.2 Å². The highest BCUT2D eigenvalue weighted by Crippen LogP contribution is 2.33. The summed E-state index contributed by atoms with van der Waals surface area (Å²) >= 11 is 0. The molecule has 11 amide bonds. The minimum atomic E-state index is -1.92. The predicted octanol–water partition coefficient (Wildman–Crippen LogP) is 3.69. The maximum atomic E-state index is 15.7. The molecule has 0 spiro atoms. The Labute approximate surface area is 665 Å². The maximum absolute atomic E-state index is 15.7. The van der Waals surface area contributed by atoms with Crippen molar-refractivity contribution in [2.75, 3.05) is 33.2 Å². The Morgan fingerprint density at radius 2 is 1.08 bits per heavy atom. The van der Waals surface area contributed by atoms with E-state index in [0.29, 0.717) is 60.8 Å². The summed E-state index contributed by atoms with van der Waals surface area (Å²) in [4.78, 5) is 215. The number of para-hydroxylation sites is 1. The van der Waals surface area contributed by atoms with E-state index in [1.807, 2.05) is 38.1 Å². The zero-order valence-corrected chi connectivity index (χ0v) is 65.9. The molecule has 0 saturated carbocycles. The summed E-state index contributed by atoms with van der Waals surface area (Å²) in [5.41, 5.74) is 20.4. The first-order valence-electron chi connectivity index (χ1n) is 39.8. The topological polar surface area (TPSA) is 471 Å². The zero-order valence-electron chi connectivity index (χ0n) is 65.9. The van der Waals surface area contributed by atoms with Crippen LogP contribution in [0.5, 0.6) is 5.75 Å². The van der Waals surface area contributed by atoms with Gasteiger partial charge < -0.3 is 79.2 Å². The van der Waals surface area contributed by atoms with E-state index < -0.39 is 192 Å². The SMILES string of the molecule is CC[C@H](C)[C@@H]1CC(=O)[C@H](Cc2c[nH]c3ccccc23)CC(=O)[C@H](CCCCC(=N)N)NC(=O)[C@H](Cc2ccccc2)NC(=O)[C@H](CCC(N)=O)NC(=O)[C@H](C)NC(=O)[C@H](Cc2ccccc2)NC(=O)[C@H](CCCCN)NC(=O)[C@H](C)N(C)C(=O)[C@@H](C(=O)N2CCCC2)NC(=O)[C@@H]2CCCN2C(=O)[C@H](Cc2ccc(O)cc2)CC1=O. The summed E-state index contributed by atoms with van der Waals surface area (Å²) in [5, 5.41) is 38.1. The van der Waals surface area contributed by atoms with E-state index in [0.717, 1.165) is 15.8 Å². The van der Waals surface area contributed by atoms with Gasteiger partial charge in [-0.2, -0.15) is 0 Å². The molecule has 0 unspecified atom stereocenters. The summed E-state index contributed by atoms with van der Waals surface area (Å²) in [7, 11) is 1.26. The fourth-order valence-electron chi connectivity index (χ4n) is 15.0.